The molecule has 2 heterocycles. The van der Waals surface area contributed by atoms with E-state index in [1.54, 1.807) is 12.1 Å². The van der Waals surface area contributed by atoms with E-state index in [9.17, 15) is 4.39 Å². The zero-order valence-corrected chi connectivity index (χ0v) is 22.4. The van der Waals surface area contributed by atoms with E-state index in [1.807, 2.05) is 24.3 Å². The van der Waals surface area contributed by atoms with E-state index in [-0.39, 0.29) is 11.9 Å². The number of fused-ring (bicyclic) bond motifs is 1. The quantitative estimate of drug-likeness (QED) is 0.218. The van der Waals surface area contributed by atoms with Gasteiger partial charge in [-0.15, -0.1) is 0 Å². The maximum absolute atomic E-state index is 13.6. The Hall–Kier alpha value is -3.16. The van der Waals surface area contributed by atoms with Crippen LogP contribution in [0.15, 0.2) is 66.7 Å². The van der Waals surface area contributed by atoms with E-state index >= 15 is 0 Å². The number of halogens is 1. The minimum Gasteiger partial charge on any atom is -0.492 e. The van der Waals surface area contributed by atoms with Gasteiger partial charge in [0.1, 0.15) is 30.5 Å². The molecule has 0 spiro atoms. The molecule has 38 heavy (non-hydrogen) atoms. The highest BCUT2D eigenvalue weighted by Gasteiger charge is 2.33. The number of piperidine rings is 1. The zero-order valence-electron chi connectivity index (χ0n) is 21.6. The minimum absolute atomic E-state index is 0.192. The molecule has 1 saturated heterocycles. The number of likely N-dealkylation sites (tertiary alicyclic amines) is 1. The van der Waals surface area contributed by atoms with Crippen molar-refractivity contribution >= 4 is 26.7 Å². The Balaban J connectivity index is 1.01. The predicted octanol–water partition coefficient (Wildman–Crippen LogP) is 7.44. The van der Waals surface area contributed by atoms with Crippen LogP contribution in [0.1, 0.15) is 49.3 Å². The normalized spacial score (nSPS) is 16.9. The van der Waals surface area contributed by atoms with Gasteiger partial charge in [-0.1, -0.05) is 42.0 Å². The van der Waals surface area contributed by atoms with Gasteiger partial charge in [0.25, 0.3) is 0 Å². The Kier molecular flexibility index (Phi) is 7.74. The predicted molar refractivity (Wildman–Crippen MR) is 152 cm³/mol. The summed E-state index contributed by atoms with van der Waals surface area (Å²) in [6, 6.07) is 21.5. The fraction of sp³-hybridized carbons (Fsp3) is 0.387. The van der Waals surface area contributed by atoms with E-state index in [4.69, 9.17) is 9.47 Å². The van der Waals surface area contributed by atoms with Gasteiger partial charge in [-0.2, -0.15) is 0 Å². The molecular formula is C31H34FN3O2S. The number of nitrogens with zero attached hydrogens (tertiary/aromatic N) is 2. The molecule has 1 aliphatic carbocycles. The fourth-order valence-corrected chi connectivity index (χ4v) is 6.02. The number of aromatic nitrogens is 1. The molecule has 1 aromatic heterocycles. The highest BCUT2D eigenvalue weighted by Crippen LogP contribution is 2.44. The van der Waals surface area contributed by atoms with Crippen LogP contribution in [-0.2, 0) is 6.61 Å². The molecule has 1 saturated carbocycles. The van der Waals surface area contributed by atoms with Gasteiger partial charge >= 0.3 is 0 Å². The molecule has 5 nitrogen and oxygen atoms in total. The monoisotopic (exact) mass is 531 g/mol. The molecule has 2 aliphatic rings. The van der Waals surface area contributed by atoms with Gasteiger partial charge in [-0.3, -0.25) is 4.90 Å². The standard InChI is InChI=1S/C31H34FN3O2S/c32-25-10-15-28-29(20-25)38-31(33-28)34-30(23-6-7-23)24-8-13-27(14-9-24)37-21-22-4-11-26(12-5-22)36-19-18-35-16-2-1-3-17-35/h4-5,8-15,20,23,30H,1-3,6-7,16-19,21H2,(H,33,34). The topological polar surface area (TPSA) is 46.6 Å². The summed E-state index contributed by atoms with van der Waals surface area (Å²) in [5.74, 6) is 2.12. The van der Waals surface area contributed by atoms with Crippen LogP contribution in [0, 0.1) is 11.7 Å². The summed E-state index contributed by atoms with van der Waals surface area (Å²) in [4.78, 5) is 7.15. The van der Waals surface area contributed by atoms with Crippen molar-refractivity contribution in [3.05, 3.63) is 83.7 Å². The number of ether oxygens (including phenoxy) is 2. The average molecular weight is 532 g/mol. The van der Waals surface area contributed by atoms with Crippen molar-refractivity contribution in [1.82, 2.24) is 9.88 Å². The van der Waals surface area contributed by atoms with Crippen LogP contribution < -0.4 is 14.8 Å². The van der Waals surface area contributed by atoms with Gasteiger partial charge < -0.3 is 14.8 Å². The fourth-order valence-electron chi connectivity index (χ4n) is 5.09. The van der Waals surface area contributed by atoms with Gasteiger partial charge in [0.15, 0.2) is 5.13 Å². The van der Waals surface area contributed by atoms with Crippen molar-refractivity contribution in [2.45, 2.75) is 44.8 Å². The molecule has 7 heteroatoms. The SMILES string of the molecule is Fc1ccc2nc(NC(c3ccc(OCc4ccc(OCCN5CCCCC5)cc4)cc3)C3CC3)sc2c1. The number of hydrogen-bond donors (Lipinski definition) is 1. The lowest BCUT2D eigenvalue weighted by Crippen LogP contribution is -2.33. The van der Waals surface area contributed by atoms with Crippen molar-refractivity contribution in [1.29, 1.82) is 0 Å². The van der Waals surface area contributed by atoms with Crippen LogP contribution in [0.3, 0.4) is 0 Å². The first-order valence-corrected chi connectivity index (χ1v) is 14.5. The molecule has 3 aromatic carbocycles. The third-order valence-corrected chi connectivity index (χ3v) is 8.37. The van der Waals surface area contributed by atoms with E-state index in [0.29, 0.717) is 12.5 Å². The van der Waals surface area contributed by atoms with E-state index in [1.165, 1.54) is 68.2 Å². The van der Waals surface area contributed by atoms with Gasteiger partial charge in [-0.25, -0.2) is 9.37 Å². The lowest BCUT2D eigenvalue weighted by molar-refractivity contribution is 0.183. The van der Waals surface area contributed by atoms with Crippen molar-refractivity contribution < 1.29 is 13.9 Å². The van der Waals surface area contributed by atoms with E-state index in [2.05, 4.69) is 39.5 Å². The summed E-state index contributed by atoms with van der Waals surface area (Å²) in [7, 11) is 0. The summed E-state index contributed by atoms with van der Waals surface area (Å²) in [6.45, 7) is 4.64. The molecular weight excluding hydrogens is 497 g/mol. The Bertz CT molecular complexity index is 1330. The Labute approximate surface area is 227 Å². The lowest BCUT2D eigenvalue weighted by atomic mass is 10.0. The summed E-state index contributed by atoms with van der Waals surface area (Å²) in [6.07, 6.45) is 6.38. The molecule has 2 fully saturated rings. The molecule has 6 rings (SSSR count). The summed E-state index contributed by atoms with van der Waals surface area (Å²) < 4.78 is 26.4. The maximum Gasteiger partial charge on any atom is 0.184 e. The van der Waals surface area contributed by atoms with Crippen molar-refractivity contribution in [3.8, 4) is 11.5 Å². The first-order valence-electron chi connectivity index (χ1n) is 13.7. The van der Waals surface area contributed by atoms with Crippen LogP contribution in [0.5, 0.6) is 11.5 Å². The third-order valence-electron chi connectivity index (χ3n) is 7.42. The van der Waals surface area contributed by atoms with Crippen LogP contribution in [0.2, 0.25) is 0 Å². The highest BCUT2D eigenvalue weighted by molar-refractivity contribution is 7.22. The number of anilines is 1. The second-order valence-corrected chi connectivity index (χ2v) is 11.4. The minimum atomic E-state index is -0.227. The Morgan fingerprint density at radius 2 is 1.66 bits per heavy atom. The average Bonchev–Trinajstić information content (AvgIpc) is 3.72. The van der Waals surface area contributed by atoms with Crippen molar-refractivity contribution in [2.24, 2.45) is 5.92 Å². The smallest absolute Gasteiger partial charge is 0.184 e. The second kappa shape index (κ2) is 11.7. The number of nitrogens with one attached hydrogen (secondary N) is 1. The zero-order chi connectivity index (χ0) is 25.7. The summed E-state index contributed by atoms with van der Waals surface area (Å²) in [5, 5.41) is 4.45. The summed E-state index contributed by atoms with van der Waals surface area (Å²) in [5.41, 5.74) is 3.16. The maximum atomic E-state index is 13.6. The van der Waals surface area contributed by atoms with Gasteiger partial charge in [0.2, 0.25) is 0 Å². The lowest BCUT2D eigenvalue weighted by Gasteiger charge is -2.26. The third kappa shape index (κ3) is 6.45. The Morgan fingerprint density at radius 3 is 2.42 bits per heavy atom. The summed E-state index contributed by atoms with van der Waals surface area (Å²) >= 11 is 1.50. The highest BCUT2D eigenvalue weighted by atomic mass is 32.1. The molecule has 198 valence electrons. The first kappa shape index (κ1) is 25.1. The van der Waals surface area contributed by atoms with E-state index < -0.39 is 0 Å². The molecule has 1 unspecified atom stereocenters. The molecule has 0 bridgehead atoms. The number of hydrogen-bond acceptors (Lipinski definition) is 6. The molecule has 0 radical (unpaired) electrons. The Morgan fingerprint density at radius 1 is 0.921 bits per heavy atom. The molecule has 0 amide bonds. The molecule has 1 N–H and O–H groups in total. The van der Waals surface area contributed by atoms with E-state index in [0.717, 1.165) is 45.6 Å². The molecule has 1 aliphatic heterocycles. The number of rotatable bonds is 11. The number of thiazole rings is 1. The number of benzene rings is 3. The molecule has 1 atom stereocenters. The van der Waals surface area contributed by atoms with Gasteiger partial charge in [0.05, 0.1) is 16.3 Å². The first-order chi connectivity index (χ1) is 18.7. The van der Waals surface area contributed by atoms with Crippen LogP contribution in [-0.4, -0.2) is 36.1 Å². The largest absolute Gasteiger partial charge is 0.492 e. The van der Waals surface area contributed by atoms with Crippen LogP contribution in [0.25, 0.3) is 10.2 Å². The van der Waals surface area contributed by atoms with Crippen LogP contribution in [0.4, 0.5) is 9.52 Å². The van der Waals surface area contributed by atoms with Gasteiger partial charge in [-0.05, 0) is 98.3 Å². The van der Waals surface area contributed by atoms with Crippen LogP contribution >= 0.6 is 11.3 Å². The van der Waals surface area contributed by atoms with Gasteiger partial charge in [0, 0.05) is 6.54 Å². The van der Waals surface area contributed by atoms with Crippen molar-refractivity contribution in [2.75, 3.05) is 31.6 Å². The van der Waals surface area contributed by atoms with Crippen molar-refractivity contribution in [3.63, 3.8) is 0 Å². The second-order valence-electron chi connectivity index (χ2n) is 10.3. The molecule has 4 aromatic rings.